The minimum atomic E-state index is -0.157. The van der Waals surface area contributed by atoms with Crippen molar-refractivity contribution in [3.63, 3.8) is 0 Å². The highest BCUT2D eigenvalue weighted by atomic mass is 16.3. The third kappa shape index (κ3) is 3.73. The molecule has 0 N–H and O–H groups in total. The van der Waals surface area contributed by atoms with E-state index in [1.807, 2.05) is 0 Å². The Kier molecular flexibility index (Phi) is 5.73. The summed E-state index contributed by atoms with van der Waals surface area (Å²) in [4.78, 5) is 5.31. The van der Waals surface area contributed by atoms with E-state index in [9.17, 15) is 0 Å². The number of anilines is 5. The molecule has 3 aliphatic heterocycles. The maximum atomic E-state index is 6.64. The Morgan fingerprint density at radius 3 is 2.19 bits per heavy atom. The maximum absolute atomic E-state index is 6.64. The molecule has 7 aromatic rings. The van der Waals surface area contributed by atoms with E-state index in [2.05, 4.69) is 167 Å². The fourth-order valence-corrected chi connectivity index (χ4v) is 10.5. The lowest BCUT2D eigenvalue weighted by Gasteiger charge is -2.51. The van der Waals surface area contributed by atoms with E-state index < -0.39 is 0 Å². The predicted molar refractivity (Wildman–Crippen MR) is 220 cm³/mol. The van der Waals surface area contributed by atoms with Crippen LogP contribution < -0.4 is 20.6 Å². The Morgan fingerprint density at radius 1 is 0.596 bits per heavy atom. The highest BCUT2D eigenvalue weighted by molar-refractivity contribution is 6.94. The number of rotatable bonds is 1. The molecule has 3 nitrogen and oxygen atoms in total. The molecular formula is C48H43BN2O. The molecule has 0 atom stereocenters. The summed E-state index contributed by atoms with van der Waals surface area (Å²) in [6, 6.07) is 41.6. The zero-order chi connectivity index (χ0) is 35.5. The van der Waals surface area contributed by atoms with Crippen LogP contribution in [0.4, 0.5) is 28.4 Å². The van der Waals surface area contributed by atoms with Crippen LogP contribution in [0.2, 0.25) is 0 Å². The molecule has 11 rings (SSSR count). The van der Waals surface area contributed by atoms with Crippen LogP contribution in [0.25, 0.3) is 33.1 Å². The number of para-hydroxylation sites is 3. The summed E-state index contributed by atoms with van der Waals surface area (Å²) in [6.45, 7) is 16.8. The molecule has 254 valence electrons. The van der Waals surface area contributed by atoms with Crippen molar-refractivity contribution >= 4 is 68.1 Å². The molecule has 1 aromatic heterocycles. The first-order valence-electron chi connectivity index (χ1n) is 19.0. The minimum Gasteiger partial charge on any atom is -0.456 e. The van der Waals surface area contributed by atoms with Gasteiger partial charge in [-0.1, -0.05) is 108 Å². The van der Waals surface area contributed by atoms with E-state index in [-0.39, 0.29) is 23.1 Å². The highest BCUT2D eigenvalue weighted by Crippen LogP contribution is 2.56. The normalized spacial score (nSPS) is 18.1. The Hall–Kier alpha value is -5.22. The van der Waals surface area contributed by atoms with Gasteiger partial charge < -0.3 is 14.1 Å². The molecule has 0 unspecified atom stereocenters. The SMILES string of the molecule is Cc1cc2c3c(c1)N1c4ccccc4C(C)(C)c4cccc(c41)B3N(c1ccc3c(c1)C(C)(C)CCC3(C)C)c1c-2ccc2oc3ccccc3c12. The second-order valence-electron chi connectivity index (χ2n) is 17.7. The van der Waals surface area contributed by atoms with E-state index in [0.717, 1.165) is 16.6 Å². The summed E-state index contributed by atoms with van der Waals surface area (Å²) in [7, 11) is 0. The average molecular weight is 675 g/mol. The van der Waals surface area contributed by atoms with E-state index in [4.69, 9.17) is 4.42 Å². The van der Waals surface area contributed by atoms with Crippen molar-refractivity contribution in [3.8, 4) is 11.1 Å². The second-order valence-corrected chi connectivity index (χ2v) is 17.7. The van der Waals surface area contributed by atoms with Crippen LogP contribution in [0.3, 0.4) is 0 Å². The molecule has 0 spiro atoms. The highest BCUT2D eigenvalue weighted by Gasteiger charge is 2.50. The molecule has 0 saturated carbocycles. The molecule has 52 heavy (non-hydrogen) atoms. The van der Waals surface area contributed by atoms with Crippen molar-refractivity contribution in [2.75, 3.05) is 9.71 Å². The molecule has 4 heteroatoms. The zero-order valence-electron chi connectivity index (χ0n) is 31.2. The lowest BCUT2D eigenvalue weighted by atomic mass is 9.42. The first-order chi connectivity index (χ1) is 25.0. The average Bonchev–Trinajstić information content (AvgIpc) is 3.52. The molecule has 1 aliphatic carbocycles. The largest absolute Gasteiger partial charge is 0.456 e. The van der Waals surface area contributed by atoms with Crippen molar-refractivity contribution in [2.45, 2.75) is 77.6 Å². The topological polar surface area (TPSA) is 19.6 Å². The quantitative estimate of drug-likeness (QED) is 0.162. The van der Waals surface area contributed by atoms with Gasteiger partial charge in [-0.05, 0) is 117 Å². The first-order valence-corrected chi connectivity index (χ1v) is 19.0. The van der Waals surface area contributed by atoms with Gasteiger partial charge >= 0.3 is 6.85 Å². The van der Waals surface area contributed by atoms with Crippen molar-refractivity contribution in [3.05, 3.63) is 137 Å². The zero-order valence-corrected chi connectivity index (χ0v) is 31.2. The molecular weight excluding hydrogens is 631 g/mol. The fraction of sp³-hybridized carbons (Fsp3) is 0.250. The smallest absolute Gasteiger partial charge is 0.333 e. The molecule has 0 bridgehead atoms. The first kappa shape index (κ1) is 30.4. The van der Waals surface area contributed by atoms with Crippen LogP contribution in [0.15, 0.2) is 114 Å². The predicted octanol–water partition coefficient (Wildman–Crippen LogP) is 11.6. The van der Waals surface area contributed by atoms with Crippen LogP contribution in [-0.2, 0) is 16.2 Å². The fourth-order valence-electron chi connectivity index (χ4n) is 10.5. The van der Waals surface area contributed by atoms with Gasteiger partial charge in [-0.25, -0.2) is 0 Å². The van der Waals surface area contributed by atoms with E-state index in [0.29, 0.717) is 0 Å². The summed E-state index contributed by atoms with van der Waals surface area (Å²) in [6.07, 6.45) is 2.37. The summed E-state index contributed by atoms with van der Waals surface area (Å²) in [5, 5.41) is 2.36. The van der Waals surface area contributed by atoms with Gasteiger partial charge in [0.2, 0.25) is 0 Å². The number of furan rings is 1. The number of hydrogen-bond donors (Lipinski definition) is 0. The monoisotopic (exact) mass is 674 g/mol. The maximum Gasteiger partial charge on any atom is 0.333 e. The Labute approximate surface area is 307 Å². The number of aryl methyl sites for hydroxylation is 1. The lowest BCUT2D eigenvalue weighted by Crippen LogP contribution is -2.62. The summed E-state index contributed by atoms with van der Waals surface area (Å²) in [5.41, 5.74) is 20.6. The van der Waals surface area contributed by atoms with Crippen molar-refractivity contribution < 1.29 is 4.42 Å². The third-order valence-corrected chi connectivity index (χ3v) is 13.3. The number of fused-ring (bicyclic) bond motifs is 11. The van der Waals surface area contributed by atoms with E-state index >= 15 is 0 Å². The van der Waals surface area contributed by atoms with E-state index in [1.54, 1.807) is 0 Å². The van der Waals surface area contributed by atoms with Gasteiger partial charge in [-0.15, -0.1) is 0 Å². The Balaban J connectivity index is 1.31. The number of nitrogens with zero attached hydrogens (tertiary/aromatic N) is 2. The van der Waals surface area contributed by atoms with Gasteiger partial charge in [0.05, 0.1) is 11.1 Å². The Bertz CT molecular complexity index is 2710. The molecule has 0 saturated heterocycles. The molecule has 6 aromatic carbocycles. The van der Waals surface area contributed by atoms with Gasteiger partial charge in [0.15, 0.2) is 0 Å². The molecule has 4 heterocycles. The third-order valence-electron chi connectivity index (χ3n) is 13.3. The number of hydrogen-bond acceptors (Lipinski definition) is 3. The van der Waals surface area contributed by atoms with Crippen LogP contribution in [0.1, 0.15) is 82.2 Å². The number of benzene rings is 6. The lowest BCUT2D eigenvalue weighted by molar-refractivity contribution is 0.332. The standard InChI is InChI=1S/C48H43BN2O/c1-28-25-32-30-20-22-41-42(31-13-8-11-18-40(31)52-41)44(30)51(29-19-21-33-36(27-29)47(4,5)24-23-46(33,2)3)49-37-16-12-15-35-45(37)50(39(26-28)43(32)49)38-17-10-9-14-34(38)48(35,6)7/h8-22,25-27H,23-24H2,1-7H3. The van der Waals surface area contributed by atoms with Crippen molar-refractivity contribution in [1.29, 1.82) is 0 Å². The van der Waals surface area contributed by atoms with Gasteiger partial charge in [-0.3, -0.25) is 0 Å². The summed E-state index contributed by atoms with van der Waals surface area (Å²) in [5.74, 6) is 0. The van der Waals surface area contributed by atoms with Crippen LogP contribution in [-0.4, -0.2) is 6.85 Å². The second kappa shape index (κ2) is 9.80. The van der Waals surface area contributed by atoms with Gasteiger partial charge in [0.25, 0.3) is 0 Å². The molecule has 0 fully saturated rings. The minimum absolute atomic E-state index is 0.0395. The van der Waals surface area contributed by atoms with Crippen LogP contribution in [0.5, 0.6) is 0 Å². The molecule has 0 amide bonds. The molecule has 4 aliphatic rings. The summed E-state index contributed by atoms with van der Waals surface area (Å²) >= 11 is 0. The van der Waals surface area contributed by atoms with Crippen LogP contribution >= 0.6 is 0 Å². The van der Waals surface area contributed by atoms with Crippen molar-refractivity contribution in [1.82, 2.24) is 0 Å². The Morgan fingerprint density at radius 2 is 1.35 bits per heavy atom. The van der Waals surface area contributed by atoms with Gasteiger partial charge in [0.1, 0.15) is 11.2 Å². The summed E-state index contributed by atoms with van der Waals surface area (Å²) < 4.78 is 6.64. The van der Waals surface area contributed by atoms with Gasteiger partial charge in [-0.2, -0.15) is 0 Å². The van der Waals surface area contributed by atoms with Crippen LogP contribution in [0, 0.1) is 6.92 Å². The van der Waals surface area contributed by atoms with E-state index in [1.165, 1.54) is 96.5 Å². The van der Waals surface area contributed by atoms with Crippen molar-refractivity contribution in [2.24, 2.45) is 0 Å². The van der Waals surface area contributed by atoms with Gasteiger partial charge in [0, 0.05) is 39.1 Å². The molecule has 0 radical (unpaired) electrons.